The third-order valence-corrected chi connectivity index (χ3v) is 4.71. The summed E-state index contributed by atoms with van der Waals surface area (Å²) in [5.74, 6) is 0.582. The quantitative estimate of drug-likeness (QED) is 0.689. The zero-order valence-electron chi connectivity index (χ0n) is 15.1. The van der Waals surface area contributed by atoms with E-state index in [1.165, 1.54) is 12.1 Å². The van der Waals surface area contributed by atoms with Crippen LogP contribution in [0.3, 0.4) is 0 Å². The summed E-state index contributed by atoms with van der Waals surface area (Å²) in [6, 6.07) is 10.1. The van der Waals surface area contributed by atoms with Crippen molar-refractivity contribution in [3.05, 3.63) is 65.4 Å². The van der Waals surface area contributed by atoms with Gasteiger partial charge >= 0.3 is 0 Å². The Morgan fingerprint density at radius 2 is 2.04 bits per heavy atom. The summed E-state index contributed by atoms with van der Waals surface area (Å²) in [7, 11) is 0. The maximum Gasteiger partial charge on any atom is 0.248 e. The van der Waals surface area contributed by atoms with E-state index in [2.05, 4.69) is 26.9 Å². The van der Waals surface area contributed by atoms with Crippen LogP contribution in [0.1, 0.15) is 30.0 Å². The number of aryl methyl sites for hydroxylation is 1. The van der Waals surface area contributed by atoms with Crippen molar-refractivity contribution in [1.29, 1.82) is 0 Å². The highest BCUT2D eigenvalue weighted by Gasteiger charge is 2.30. The average Bonchev–Trinajstić information content (AvgIpc) is 3.19. The molecule has 0 amide bonds. The maximum absolute atomic E-state index is 13.8. The lowest BCUT2D eigenvalue weighted by molar-refractivity contribution is 0.0180. The fourth-order valence-electron chi connectivity index (χ4n) is 3.29. The molecule has 1 atom stereocenters. The molecule has 27 heavy (non-hydrogen) atoms. The Kier molecular flexibility index (Phi) is 5.22. The van der Waals surface area contributed by atoms with Gasteiger partial charge in [0.05, 0.1) is 13.2 Å². The van der Waals surface area contributed by atoms with Crippen LogP contribution in [-0.2, 0) is 11.2 Å². The van der Waals surface area contributed by atoms with Crippen LogP contribution in [0.4, 0.5) is 4.39 Å². The van der Waals surface area contributed by atoms with Crippen LogP contribution >= 0.6 is 0 Å². The number of morpholine rings is 1. The minimum Gasteiger partial charge on any atom is -0.379 e. The topological polar surface area (TPSA) is 64.3 Å². The minimum atomic E-state index is -0.319. The van der Waals surface area contributed by atoms with Gasteiger partial charge in [-0.05, 0) is 41.8 Å². The molecule has 1 aliphatic heterocycles. The van der Waals surface area contributed by atoms with Gasteiger partial charge in [0.1, 0.15) is 17.6 Å². The highest BCUT2D eigenvalue weighted by Crippen LogP contribution is 2.30. The number of halogens is 1. The molecule has 0 radical (unpaired) electrons. The Morgan fingerprint density at radius 3 is 2.81 bits per heavy atom. The molecule has 0 saturated carbocycles. The molecule has 3 aromatic rings. The maximum atomic E-state index is 13.8. The first-order valence-corrected chi connectivity index (χ1v) is 9.11. The van der Waals surface area contributed by atoms with Crippen molar-refractivity contribution in [2.24, 2.45) is 0 Å². The average molecular weight is 368 g/mol. The van der Waals surface area contributed by atoms with Gasteiger partial charge in [0.15, 0.2) is 0 Å². The lowest BCUT2D eigenvalue weighted by Crippen LogP contribution is -2.39. The predicted molar refractivity (Wildman–Crippen MR) is 97.5 cm³/mol. The molecule has 0 spiro atoms. The van der Waals surface area contributed by atoms with Gasteiger partial charge in [0, 0.05) is 19.3 Å². The first kappa shape index (κ1) is 17.8. The van der Waals surface area contributed by atoms with Crippen LogP contribution in [0.15, 0.2) is 47.1 Å². The second-order valence-corrected chi connectivity index (χ2v) is 6.46. The van der Waals surface area contributed by atoms with Gasteiger partial charge in [-0.15, -0.1) is 0 Å². The number of hydrogen-bond donors (Lipinski definition) is 0. The first-order chi connectivity index (χ1) is 13.2. The minimum absolute atomic E-state index is 0.289. The zero-order chi connectivity index (χ0) is 18.6. The standard InChI is InChI=1S/C20H21FN4O2/c1-2-14-6-7-22-17(12-14)19-23-20(27-24-19)18(25-8-10-26-11-9-25)15-4-3-5-16(21)13-15/h3-7,12-13,18H,2,8-11H2,1H3. The highest BCUT2D eigenvalue weighted by atomic mass is 19.1. The van der Waals surface area contributed by atoms with Gasteiger partial charge < -0.3 is 9.26 Å². The number of pyridine rings is 1. The molecule has 4 rings (SSSR count). The number of benzene rings is 1. The largest absolute Gasteiger partial charge is 0.379 e. The Balaban J connectivity index is 1.71. The Bertz CT molecular complexity index is 908. The molecule has 1 aliphatic rings. The molecule has 7 heteroatoms. The third kappa shape index (κ3) is 3.89. The summed E-state index contributed by atoms with van der Waals surface area (Å²) in [6.45, 7) is 4.74. The fraction of sp³-hybridized carbons (Fsp3) is 0.350. The van der Waals surface area contributed by atoms with Crippen LogP contribution in [0.2, 0.25) is 0 Å². The van der Waals surface area contributed by atoms with Crippen molar-refractivity contribution < 1.29 is 13.7 Å². The first-order valence-electron chi connectivity index (χ1n) is 9.11. The molecule has 2 aromatic heterocycles. The van der Waals surface area contributed by atoms with Gasteiger partial charge in [-0.1, -0.05) is 24.2 Å². The molecule has 1 fully saturated rings. The van der Waals surface area contributed by atoms with Crippen LogP contribution in [0, 0.1) is 5.82 Å². The van der Waals surface area contributed by atoms with Crippen LogP contribution < -0.4 is 0 Å². The van der Waals surface area contributed by atoms with Crippen molar-refractivity contribution in [3.63, 3.8) is 0 Å². The van der Waals surface area contributed by atoms with Crippen molar-refractivity contribution >= 4 is 0 Å². The second-order valence-electron chi connectivity index (χ2n) is 6.46. The summed E-state index contributed by atoms with van der Waals surface area (Å²) < 4.78 is 24.9. The second kappa shape index (κ2) is 7.94. The van der Waals surface area contributed by atoms with Gasteiger partial charge in [-0.2, -0.15) is 4.98 Å². The van der Waals surface area contributed by atoms with Crippen LogP contribution in [-0.4, -0.2) is 46.3 Å². The van der Waals surface area contributed by atoms with E-state index < -0.39 is 0 Å². The Hall–Kier alpha value is -2.64. The fourth-order valence-corrected chi connectivity index (χ4v) is 3.29. The summed E-state index contributed by atoms with van der Waals surface area (Å²) in [6.07, 6.45) is 2.65. The normalized spacial score (nSPS) is 16.4. The van der Waals surface area contributed by atoms with E-state index >= 15 is 0 Å². The Morgan fingerprint density at radius 1 is 1.19 bits per heavy atom. The van der Waals surface area contributed by atoms with Crippen LogP contribution in [0.25, 0.3) is 11.5 Å². The number of ether oxygens (including phenoxy) is 1. The Labute approximate surface area is 157 Å². The number of nitrogens with zero attached hydrogens (tertiary/aromatic N) is 4. The van der Waals surface area contributed by atoms with Crippen LogP contribution in [0.5, 0.6) is 0 Å². The molecule has 1 saturated heterocycles. The molecule has 140 valence electrons. The summed E-state index contributed by atoms with van der Waals surface area (Å²) in [4.78, 5) is 11.1. The van der Waals surface area contributed by atoms with Crippen molar-refractivity contribution in [3.8, 4) is 11.5 Å². The molecular formula is C20H21FN4O2. The lowest BCUT2D eigenvalue weighted by Gasteiger charge is -2.32. The van der Waals surface area contributed by atoms with Gasteiger partial charge in [0.25, 0.3) is 0 Å². The van der Waals surface area contributed by atoms with Crippen molar-refractivity contribution in [1.82, 2.24) is 20.0 Å². The van der Waals surface area contributed by atoms with E-state index in [1.54, 1.807) is 12.3 Å². The van der Waals surface area contributed by atoms with E-state index in [1.807, 2.05) is 18.2 Å². The lowest BCUT2D eigenvalue weighted by atomic mass is 10.0. The van der Waals surface area contributed by atoms with E-state index in [4.69, 9.17) is 9.26 Å². The van der Waals surface area contributed by atoms with Gasteiger partial charge in [-0.25, -0.2) is 4.39 Å². The van der Waals surface area contributed by atoms with E-state index in [9.17, 15) is 4.39 Å². The summed E-state index contributed by atoms with van der Waals surface area (Å²) in [5, 5.41) is 4.13. The summed E-state index contributed by atoms with van der Waals surface area (Å²) in [5.41, 5.74) is 2.60. The number of rotatable bonds is 5. The highest BCUT2D eigenvalue weighted by molar-refractivity contribution is 5.49. The SMILES string of the molecule is CCc1ccnc(-c2noc(C(c3cccc(F)c3)N3CCOCC3)n2)c1. The number of hydrogen-bond acceptors (Lipinski definition) is 6. The summed E-state index contributed by atoms with van der Waals surface area (Å²) >= 11 is 0. The smallest absolute Gasteiger partial charge is 0.248 e. The molecule has 0 N–H and O–H groups in total. The predicted octanol–water partition coefficient (Wildman–Crippen LogP) is 3.25. The molecule has 1 aromatic carbocycles. The molecular weight excluding hydrogens is 347 g/mol. The molecule has 1 unspecified atom stereocenters. The molecule has 6 nitrogen and oxygen atoms in total. The molecule has 0 bridgehead atoms. The zero-order valence-corrected chi connectivity index (χ0v) is 15.1. The van der Waals surface area contributed by atoms with Gasteiger partial charge in [-0.3, -0.25) is 9.88 Å². The monoisotopic (exact) mass is 368 g/mol. The molecule has 0 aliphatic carbocycles. The van der Waals surface area contributed by atoms with E-state index in [0.717, 1.165) is 17.5 Å². The van der Waals surface area contributed by atoms with Crippen molar-refractivity contribution in [2.75, 3.05) is 26.3 Å². The van der Waals surface area contributed by atoms with E-state index in [-0.39, 0.29) is 11.9 Å². The van der Waals surface area contributed by atoms with Crippen molar-refractivity contribution in [2.45, 2.75) is 19.4 Å². The number of aromatic nitrogens is 3. The van der Waals surface area contributed by atoms with Gasteiger partial charge in [0.2, 0.25) is 11.7 Å². The third-order valence-electron chi connectivity index (χ3n) is 4.71. The van der Waals surface area contributed by atoms with E-state index in [0.29, 0.717) is 43.7 Å². The molecule has 3 heterocycles.